The van der Waals surface area contributed by atoms with Gasteiger partial charge in [0.15, 0.2) is 5.03 Å². The molecule has 4 rings (SSSR count). The average molecular weight is 406 g/mol. The van der Waals surface area contributed by atoms with Crippen molar-refractivity contribution in [3.05, 3.63) is 48.2 Å². The molecular weight excluding hydrogens is 383 g/mol. The molecule has 1 saturated carbocycles. The van der Waals surface area contributed by atoms with Crippen molar-refractivity contribution in [3.8, 4) is 0 Å². The third-order valence-electron chi connectivity index (χ3n) is 5.47. The second-order valence-corrected chi connectivity index (χ2v) is 9.54. The van der Waals surface area contributed by atoms with Gasteiger partial charge in [0.25, 0.3) is 10.0 Å². The lowest BCUT2D eigenvalue weighted by molar-refractivity contribution is -0.124. The van der Waals surface area contributed by atoms with Crippen molar-refractivity contribution in [1.82, 2.24) is 19.2 Å². The lowest BCUT2D eigenvalue weighted by atomic mass is 9.88. The van der Waals surface area contributed by atoms with Crippen LogP contribution in [0.15, 0.2) is 41.8 Å². The molecule has 9 heteroatoms. The van der Waals surface area contributed by atoms with Crippen molar-refractivity contribution in [2.75, 3.05) is 19.6 Å². The van der Waals surface area contributed by atoms with Gasteiger partial charge in [-0.3, -0.25) is 4.79 Å². The molecule has 0 spiro atoms. The molecule has 1 aromatic carbocycles. The Bertz CT molecular complexity index is 969. The number of benzene rings is 1. The molecule has 2 aliphatic rings. The van der Waals surface area contributed by atoms with Crippen LogP contribution in [0, 0.1) is 17.7 Å². The highest BCUT2D eigenvalue weighted by atomic mass is 32.2. The third-order valence-corrected chi connectivity index (χ3v) is 7.19. The van der Waals surface area contributed by atoms with Crippen LogP contribution < -0.4 is 5.32 Å². The molecule has 1 N–H and O–H groups in total. The molecule has 28 heavy (non-hydrogen) atoms. The van der Waals surface area contributed by atoms with Gasteiger partial charge in [-0.1, -0.05) is 12.1 Å². The molecule has 1 aliphatic carbocycles. The maximum absolute atomic E-state index is 13.3. The largest absolute Gasteiger partial charge is 0.356 e. The fourth-order valence-electron chi connectivity index (χ4n) is 3.63. The molecule has 0 radical (unpaired) electrons. The van der Waals surface area contributed by atoms with Crippen LogP contribution in [0.5, 0.6) is 0 Å². The van der Waals surface area contributed by atoms with E-state index in [4.69, 9.17) is 0 Å². The van der Waals surface area contributed by atoms with Crippen LogP contribution in [0.3, 0.4) is 0 Å². The van der Waals surface area contributed by atoms with E-state index < -0.39 is 15.9 Å². The second kappa shape index (κ2) is 7.29. The number of amides is 1. The number of carbonyl (C=O) groups is 1. The summed E-state index contributed by atoms with van der Waals surface area (Å²) >= 11 is 0. The van der Waals surface area contributed by atoms with E-state index >= 15 is 0 Å². The first-order valence-corrected chi connectivity index (χ1v) is 10.8. The van der Waals surface area contributed by atoms with Crippen LogP contribution >= 0.6 is 0 Å². The molecule has 0 unspecified atom stereocenters. The Morgan fingerprint density at radius 3 is 2.57 bits per heavy atom. The summed E-state index contributed by atoms with van der Waals surface area (Å²) in [7, 11) is -2.11. The zero-order chi connectivity index (χ0) is 19.9. The molecule has 2 fully saturated rings. The van der Waals surface area contributed by atoms with Gasteiger partial charge in [-0.25, -0.2) is 17.8 Å². The van der Waals surface area contributed by atoms with Crippen LogP contribution in [-0.4, -0.2) is 47.8 Å². The van der Waals surface area contributed by atoms with Crippen molar-refractivity contribution in [1.29, 1.82) is 0 Å². The molecule has 150 valence electrons. The number of aryl methyl sites for hydroxylation is 1. The van der Waals surface area contributed by atoms with Gasteiger partial charge in [0.05, 0.1) is 12.2 Å². The molecule has 7 nitrogen and oxygen atoms in total. The number of carbonyl (C=O) groups excluding carboxylic acids is 1. The molecule has 0 bridgehead atoms. The van der Waals surface area contributed by atoms with Gasteiger partial charge in [0.1, 0.15) is 5.82 Å². The summed E-state index contributed by atoms with van der Waals surface area (Å²) in [5.41, 5.74) is 0.756. The highest BCUT2D eigenvalue weighted by Crippen LogP contribution is 2.36. The number of hydrogen-bond donors (Lipinski definition) is 1. The Balaban J connectivity index is 1.60. The quantitative estimate of drug-likeness (QED) is 0.788. The van der Waals surface area contributed by atoms with Crippen LogP contribution in [0.4, 0.5) is 4.39 Å². The lowest BCUT2D eigenvalue weighted by Crippen LogP contribution is -2.36. The summed E-state index contributed by atoms with van der Waals surface area (Å²) in [6, 6.07) is 5.92. The van der Waals surface area contributed by atoms with E-state index in [0.717, 1.165) is 18.4 Å². The van der Waals surface area contributed by atoms with E-state index in [1.807, 2.05) is 0 Å². The molecule has 1 aromatic heterocycles. The van der Waals surface area contributed by atoms with Crippen molar-refractivity contribution in [2.45, 2.75) is 23.8 Å². The minimum absolute atomic E-state index is 0.0353. The predicted octanol–water partition coefficient (Wildman–Crippen LogP) is 1.49. The Hall–Kier alpha value is -2.26. The van der Waals surface area contributed by atoms with Gasteiger partial charge in [-0.2, -0.15) is 4.31 Å². The third kappa shape index (κ3) is 3.81. The van der Waals surface area contributed by atoms with Crippen molar-refractivity contribution in [3.63, 3.8) is 0 Å². The van der Waals surface area contributed by atoms with Gasteiger partial charge < -0.3 is 9.88 Å². The first kappa shape index (κ1) is 19.1. The number of aromatic nitrogens is 2. The Morgan fingerprint density at radius 2 is 1.96 bits per heavy atom. The fourth-order valence-corrected chi connectivity index (χ4v) is 5.09. The van der Waals surface area contributed by atoms with Gasteiger partial charge in [0, 0.05) is 38.8 Å². The number of sulfonamides is 1. The number of imidazole rings is 1. The summed E-state index contributed by atoms with van der Waals surface area (Å²) in [6.07, 6.45) is 5.11. The number of nitrogens with one attached hydrogen (secondary N) is 1. The maximum atomic E-state index is 13.3. The van der Waals surface area contributed by atoms with Gasteiger partial charge in [-0.05, 0) is 36.5 Å². The smallest absolute Gasteiger partial charge is 0.262 e. The van der Waals surface area contributed by atoms with E-state index in [-0.39, 0.29) is 35.8 Å². The summed E-state index contributed by atoms with van der Waals surface area (Å²) in [5, 5.41) is 2.92. The molecule has 1 saturated heterocycles. The topological polar surface area (TPSA) is 84.3 Å². The molecule has 2 atom stereocenters. The molecular formula is C19H23FN4O3S. The zero-order valence-electron chi connectivity index (χ0n) is 15.6. The van der Waals surface area contributed by atoms with E-state index in [0.29, 0.717) is 12.5 Å². The maximum Gasteiger partial charge on any atom is 0.262 e. The summed E-state index contributed by atoms with van der Waals surface area (Å²) < 4.78 is 42.2. The Kier molecular flexibility index (Phi) is 4.96. The first-order valence-electron chi connectivity index (χ1n) is 9.36. The average Bonchev–Trinajstić information content (AvgIpc) is 3.20. The second-order valence-electron chi connectivity index (χ2n) is 7.65. The number of nitrogens with zero attached hydrogens (tertiary/aromatic N) is 3. The minimum atomic E-state index is -3.80. The van der Waals surface area contributed by atoms with Crippen molar-refractivity contribution in [2.24, 2.45) is 18.9 Å². The monoisotopic (exact) mass is 406 g/mol. The SMILES string of the molecule is Cn1cnc(S(=O)(=O)N2C[C@@H](C(=O)NCC3CC3)[C@H](c3ccc(F)cc3)C2)c1. The summed E-state index contributed by atoms with van der Waals surface area (Å²) in [4.78, 5) is 16.8. The van der Waals surface area contributed by atoms with Gasteiger partial charge in [0.2, 0.25) is 5.91 Å². The van der Waals surface area contributed by atoms with Crippen LogP contribution in [0.25, 0.3) is 0 Å². The number of rotatable bonds is 6. The standard InChI is InChI=1S/C19H23FN4O3S/c1-23-11-18(22-12-23)28(26,27)24-9-16(14-4-6-15(20)7-5-14)17(10-24)19(25)21-8-13-2-3-13/h4-7,11-13,16-17H,2-3,8-10H2,1H3,(H,21,25)/t16-,17+/m0/s1. The highest BCUT2D eigenvalue weighted by molar-refractivity contribution is 7.89. The lowest BCUT2D eigenvalue weighted by Gasteiger charge is -2.18. The van der Waals surface area contributed by atoms with Gasteiger partial charge >= 0.3 is 0 Å². The predicted molar refractivity (Wildman–Crippen MR) is 100 cm³/mol. The summed E-state index contributed by atoms with van der Waals surface area (Å²) in [6.45, 7) is 0.863. The summed E-state index contributed by atoms with van der Waals surface area (Å²) in [5.74, 6) is -0.849. The zero-order valence-corrected chi connectivity index (χ0v) is 16.4. The van der Waals surface area contributed by atoms with Crippen LogP contribution in [0.2, 0.25) is 0 Å². The molecule has 1 amide bonds. The minimum Gasteiger partial charge on any atom is -0.356 e. The van der Waals surface area contributed by atoms with Crippen LogP contribution in [0.1, 0.15) is 24.3 Å². The first-order chi connectivity index (χ1) is 13.3. The van der Waals surface area contributed by atoms with E-state index in [1.165, 1.54) is 29.0 Å². The van der Waals surface area contributed by atoms with Gasteiger partial charge in [-0.15, -0.1) is 0 Å². The highest BCUT2D eigenvalue weighted by Gasteiger charge is 2.44. The Morgan fingerprint density at radius 1 is 1.25 bits per heavy atom. The van der Waals surface area contributed by atoms with Crippen molar-refractivity contribution >= 4 is 15.9 Å². The molecule has 1 aliphatic heterocycles. The molecule has 2 aromatic rings. The van der Waals surface area contributed by atoms with Crippen LogP contribution in [-0.2, 0) is 21.9 Å². The Labute approximate surface area is 163 Å². The van der Waals surface area contributed by atoms with Crippen molar-refractivity contribution < 1.29 is 17.6 Å². The normalized spacial score (nSPS) is 23.1. The number of hydrogen-bond acceptors (Lipinski definition) is 4. The fraction of sp³-hybridized carbons (Fsp3) is 0.474. The number of halogens is 1. The van der Waals surface area contributed by atoms with E-state index in [9.17, 15) is 17.6 Å². The van der Waals surface area contributed by atoms with E-state index in [1.54, 1.807) is 23.7 Å². The van der Waals surface area contributed by atoms with E-state index in [2.05, 4.69) is 10.3 Å². The molecule has 2 heterocycles.